The molecule has 19 heavy (non-hydrogen) atoms. The Balaban J connectivity index is 1.40. The summed E-state index contributed by atoms with van der Waals surface area (Å²) in [7, 11) is 0. The van der Waals surface area contributed by atoms with Crippen LogP contribution in [0.2, 0.25) is 38.5 Å². The average molecular weight is 343 g/mol. The third-order valence-electron chi connectivity index (χ3n) is 15.4. The van der Waals surface area contributed by atoms with Gasteiger partial charge in [0, 0.05) is 0 Å². The number of hydrogen-bond acceptors (Lipinski definition) is 2. The molecule has 8 atom stereocenters. The van der Waals surface area contributed by atoms with E-state index in [1.54, 1.807) is 0 Å². The average Bonchev–Trinajstić information content (AvgIpc) is 3.36. The Morgan fingerprint density at radius 1 is 0.737 bits per heavy atom. The summed E-state index contributed by atoms with van der Waals surface area (Å²) in [6, 6.07) is 0. The molecular formula is C14H16Cl2FeO2. The number of rotatable bonds is 6. The van der Waals surface area contributed by atoms with Gasteiger partial charge in [-0.3, -0.25) is 0 Å². The molecule has 0 aromatic heterocycles. The zero-order chi connectivity index (χ0) is 12.2. The number of halogens is 2. The van der Waals surface area contributed by atoms with Gasteiger partial charge >= 0.3 is 112 Å². The monoisotopic (exact) mass is 342 g/mol. The zero-order valence-electron chi connectivity index (χ0n) is 10.4. The predicted octanol–water partition coefficient (Wildman–Crippen LogP) is 3.70. The van der Waals surface area contributed by atoms with E-state index in [1.165, 1.54) is 19.3 Å². The Morgan fingerprint density at radius 3 is 1.37 bits per heavy atom. The second kappa shape index (κ2) is 0.797. The summed E-state index contributed by atoms with van der Waals surface area (Å²) in [5.41, 5.74) is 0. The topological polar surface area (TPSA) is 18.5 Å². The van der Waals surface area contributed by atoms with Crippen molar-refractivity contribution in [1.82, 2.24) is 0 Å². The molecule has 10 heterocycles. The molecule has 10 rings (SSSR count). The van der Waals surface area contributed by atoms with Gasteiger partial charge in [-0.15, -0.1) is 0 Å². The summed E-state index contributed by atoms with van der Waals surface area (Å²) in [5.74, 6) is 1.34. The first-order valence-electron chi connectivity index (χ1n) is 7.66. The van der Waals surface area contributed by atoms with Crippen LogP contribution < -0.4 is 0 Å². The van der Waals surface area contributed by atoms with Crippen LogP contribution in [0.1, 0.15) is 0 Å². The van der Waals surface area contributed by atoms with Gasteiger partial charge in [-0.05, 0) is 0 Å². The van der Waals surface area contributed by atoms with E-state index in [-0.39, 0.29) is 0 Å². The van der Waals surface area contributed by atoms with Crippen LogP contribution in [-0.2, 0) is 16.0 Å². The van der Waals surface area contributed by atoms with Gasteiger partial charge in [0.25, 0.3) is 0 Å². The van der Waals surface area contributed by atoms with E-state index < -0.39 is 6.51 Å². The standard InChI is InChI=1S/2C7H8ClO.Fe/c2*8-5-6-9-7-3-1-2-4-7;/h2*1-4H,5-6H2;. The number of ether oxygens (including phenoxy) is 2. The molecule has 0 amide bonds. The maximum atomic E-state index is 6.62. The van der Waals surface area contributed by atoms with Gasteiger partial charge in [-0.1, -0.05) is 0 Å². The van der Waals surface area contributed by atoms with Gasteiger partial charge in [-0.2, -0.15) is 0 Å². The van der Waals surface area contributed by atoms with Crippen molar-refractivity contribution >= 4 is 23.2 Å². The van der Waals surface area contributed by atoms with E-state index in [9.17, 15) is 0 Å². The molecule has 10 aliphatic heterocycles. The Morgan fingerprint density at radius 2 is 1.11 bits per heavy atom. The molecule has 0 aromatic rings. The first-order chi connectivity index (χ1) is 9.05. The van der Waals surface area contributed by atoms with Crippen LogP contribution in [0.25, 0.3) is 0 Å². The number of fused-ring (bicyclic) bond motifs is 10. The molecule has 0 N–H and O–H groups in total. The fourth-order valence-electron chi connectivity index (χ4n) is 17.3. The second-order valence-electron chi connectivity index (χ2n) is 10.7. The van der Waals surface area contributed by atoms with Gasteiger partial charge in [0.2, 0.25) is 0 Å². The molecule has 0 bridgehead atoms. The fraction of sp³-hybridized carbons (Fsp3) is 1.00. The van der Waals surface area contributed by atoms with Crippen LogP contribution in [0.4, 0.5) is 0 Å². The van der Waals surface area contributed by atoms with Gasteiger partial charge in [0.05, 0.1) is 0 Å². The van der Waals surface area contributed by atoms with Crippen LogP contribution in [0.3, 0.4) is 0 Å². The Kier molecular flexibility index (Phi) is 0.361. The van der Waals surface area contributed by atoms with Crippen molar-refractivity contribution in [3.8, 4) is 0 Å². The van der Waals surface area contributed by atoms with Crippen molar-refractivity contribution in [2.24, 2.45) is 0 Å². The number of hydrogen-bond donors (Lipinski definition) is 0. The third-order valence-corrected chi connectivity index (χ3v) is 57.5. The second-order valence-corrected chi connectivity index (χ2v) is 34.6. The van der Waals surface area contributed by atoms with Crippen molar-refractivity contribution < 1.29 is 16.0 Å². The van der Waals surface area contributed by atoms with Crippen molar-refractivity contribution in [2.75, 3.05) is 25.0 Å². The molecule has 5 heteroatoms. The van der Waals surface area contributed by atoms with E-state index in [1.807, 2.05) is 0 Å². The molecule has 0 aromatic carbocycles. The van der Waals surface area contributed by atoms with E-state index in [2.05, 4.69) is 0 Å². The van der Waals surface area contributed by atoms with Gasteiger partial charge < -0.3 is 0 Å². The zero-order valence-corrected chi connectivity index (χ0v) is 13.0. The minimum atomic E-state index is -3.41. The Bertz CT molecular complexity index is 927. The number of alkyl halides is 2. The van der Waals surface area contributed by atoms with Crippen LogP contribution in [0, 0.1) is 0 Å². The molecular weight excluding hydrogens is 327 g/mol. The normalized spacial score (nSPS) is 112. The molecule has 0 radical (unpaired) electrons. The van der Waals surface area contributed by atoms with Crippen LogP contribution >= 0.6 is 23.2 Å². The molecule has 10 saturated heterocycles. The maximum absolute atomic E-state index is 6.62. The summed E-state index contributed by atoms with van der Waals surface area (Å²) >= 11 is 11.9. The van der Waals surface area contributed by atoms with E-state index in [0.717, 1.165) is 32.5 Å². The van der Waals surface area contributed by atoms with Crippen LogP contribution in [0.15, 0.2) is 0 Å². The third kappa shape index (κ3) is 0.0981. The molecule has 10 aliphatic rings. The van der Waals surface area contributed by atoms with E-state index in [0.29, 0.717) is 20.8 Å². The molecule has 8 unspecified atom stereocenters. The molecule has 2 nitrogen and oxygen atoms in total. The fourth-order valence-corrected chi connectivity index (χ4v) is 90.4. The summed E-state index contributed by atoms with van der Waals surface area (Å²) in [4.78, 5) is 9.15. The molecule has 106 valence electrons. The van der Waals surface area contributed by atoms with Crippen LogP contribution in [0.5, 0.6) is 0 Å². The molecule has 1 spiro atoms. The van der Waals surface area contributed by atoms with Crippen molar-refractivity contribution in [1.29, 1.82) is 0 Å². The Hall–Kier alpha value is 1.02. The molecule has 10 fully saturated rings. The predicted molar refractivity (Wildman–Crippen MR) is 68.8 cm³/mol. The summed E-state index contributed by atoms with van der Waals surface area (Å²) < 4.78 is 14.2. The summed E-state index contributed by atoms with van der Waals surface area (Å²) in [6.45, 7) is -1.82. The SMILES string of the molecule is ClCCO[C]12[CH]3[CH]4[CH]5[CH]1[Fe]45321678[CH]2[CH]1[CH]6[C]7(OCCCl)[CH]28. The van der Waals surface area contributed by atoms with Crippen molar-refractivity contribution in [2.45, 2.75) is 47.5 Å². The molecule has 0 aliphatic carbocycles. The summed E-state index contributed by atoms with van der Waals surface area (Å²) in [6.07, 6.45) is 0. The van der Waals surface area contributed by atoms with Gasteiger partial charge in [0.1, 0.15) is 0 Å². The van der Waals surface area contributed by atoms with E-state index >= 15 is 0 Å². The molecule has 0 saturated carbocycles. The van der Waals surface area contributed by atoms with Crippen molar-refractivity contribution in [3.63, 3.8) is 0 Å². The Labute approximate surface area is 111 Å². The quantitative estimate of drug-likeness (QED) is 0.541. The van der Waals surface area contributed by atoms with Crippen molar-refractivity contribution in [3.05, 3.63) is 0 Å². The van der Waals surface area contributed by atoms with Crippen LogP contribution in [-0.4, -0.2) is 34.0 Å². The summed E-state index contributed by atoms with van der Waals surface area (Å²) in [5, 5.41) is 0. The minimum absolute atomic E-state index is 0.454. The van der Waals surface area contributed by atoms with E-state index in [4.69, 9.17) is 32.7 Å². The first kappa shape index (κ1) is 8.60. The first-order valence-corrected chi connectivity index (χ1v) is 14.9. The van der Waals surface area contributed by atoms with Gasteiger partial charge in [-0.25, -0.2) is 0 Å². The van der Waals surface area contributed by atoms with Gasteiger partial charge in [0.15, 0.2) is 0 Å².